The van der Waals surface area contributed by atoms with Crippen LogP contribution >= 0.6 is 11.3 Å². The Morgan fingerprint density at radius 1 is 1.08 bits per heavy atom. The van der Waals surface area contributed by atoms with Crippen LogP contribution in [0.4, 0.5) is 11.5 Å². The number of nitrogens with one attached hydrogen (secondary N) is 4. The summed E-state index contributed by atoms with van der Waals surface area (Å²) in [6.07, 6.45) is 10.5. The second-order valence-electron chi connectivity index (χ2n) is 10.1. The lowest BCUT2D eigenvalue weighted by atomic mass is 9.88. The van der Waals surface area contributed by atoms with Crippen LogP contribution in [0, 0.1) is 5.92 Å². The summed E-state index contributed by atoms with van der Waals surface area (Å²) >= 11 is 1.34. The Labute approximate surface area is 223 Å². The van der Waals surface area contributed by atoms with Crippen LogP contribution < -0.4 is 15.5 Å². The summed E-state index contributed by atoms with van der Waals surface area (Å²) in [6.45, 7) is 0. The number of H-pyrrole nitrogens is 2. The second kappa shape index (κ2) is 10.1. The molecule has 196 valence electrons. The van der Waals surface area contributed by atoms with Gasteiger partial charge in [-0.2, -0.15) is 5.10 Å². The minimum absolute atomic E-state index is 0.0490. The van der Waals surface area contributed by atoms with Gasteiger partial charge in [0.2, 0.25) is 5.91 Å². The lowest BCUT2D eigenvalue weighted by molar-refractivity contribution is -0.123. The van der Waals surface area contributed by atoms with E-state index in [1.807, 2.05) is 18.2 Å². The Balaban J connectivity index is 1.29. The van der Waals surface area contributed by atoms with Crippen molar-refractivity contribution in [1.82, 2.24) is 25.5 Å². The zero-order valence-corrected chi connectivity index (χ0v) is 21.9. The molecule has 10 nitrogen and oxygen atoms in total. The highest BCUT2D eigenvalue weighted by molar-refractivity contribution is 7.13. The number of aromatic nitrogens is 4. The van der Waals surface area contributed by atoms with Crippen LogP contribution in [0.3, 0.4) is 0 Å². The van der Waals surface area contributed by atoms with Crippen LogP contribution in [-0.2, 0) is 4.79 Å². The Kier molecular flexibility index (Phi) is 6.44. The molecule has 0 aliphatic heterocycles. The molecule has 0 spiro atoms. The van der Waals surface area contributed by atoms with Crippen molar-refractivity contribution in [1.29, 1.82) is 0 Å². The first-order valence-electron chi connectivity index (χ1n) is 13.0. The maximum Gasteiger partial charge on any atom is 0.276 e. The van der Waals surface area contributed by atoms with E-state index >= 15 is 0 Å². The molecule has 1 aromatic carbocycles. The van der Waals surface area contributed by atoms with Gasteiger partial charge < -0.3 is 20.5 Å². The van der Waals surface area contributed by atoms with Gasteiger partial charge in [-0.3, -0.25) is 19.5 Å². The third-order valence-corrected chi connectivity index (χ3v) is 8.21. The van der Waals surface area contributed by atoms with E-state index in [-0.39, 0.29) is 29.5 Å². The number of hydrogen-bond donors (Lipinski definition) is 4. The zero-order valence-electron chi connectivity index (χ0n) is 21.0. The zero-order chi connectivity index (χ0) is 26.2. The van der Waals surface area contributed by atoms with Crippen molar-refractivity contribution in [3.63, 3.8) is 0 Å². The summed E-state index contributed by atoms with van der Waals surface area (Å²) in [4.78, 5) is 48.8. The van der Waals surface area contributed by atoms with Crippen LogP contribution in [0.15, 0.2) is 36.0 Å². The van der Waals surface area contributed by atoms with E-state index in [2.05, 4.69) is 30.8 Å². The van der Waals surface area contributed by atoms with Crippen molar-refractivity contribution < 1.29 is 14.4 Å². The van der Waals surface area contributed by atoms with Gasteiger partial charge in [0.05, 0.1) is 11.8 Å². The number of amides is 3. The van der Waals surface area contributed by atoms with Gasteiger partial charge in [0.1, 0.15) is 16.5 Å². The van der Waals surface area contributed by atoms with Crippen molar-refractivity contribution in [2.45, 2.75) is 51.0 Å². The molecule has 0 radical (unpaired) electrons. The average Bonchev–Trinajstić information content (AvgIpc) is 3.32. The number of fused-ring (bicyclic) bond motifs is 1. The van der Waals surface area contributed by atoms with E-state index < -0.39 is 5.91 Å². The molecule has 4 N–H and O–H groups in total. The lowest BCUT2D eigenvalue weighted by Crippen LogP contribution is -2.33. The van der Waals surface area contributed by atoms with Gasteiger partial charge in [0.25, 0.3) is 11.8 Å². The number of aromatic amines is 2. The molecule has 3 amide bonds. The third kappa shape index (κ3) is 4.81. The van der Waals surface area contributed by atoms with Crippen LogP contribution in [0.2, 0.25) is 0 Å². The fraction of sp³-hybridized carbons (Fsp3) is 0.370. The highest BCUT2D eigenvalue weighted by Crippen LogP contribution is 2.33. The van der Waals surface area contributed by atoms with Crippen LogP contribution in [-0.4, -0.2) is 51.0 Å². The Bertz CT molecular complexity index is 1500. The molecular weight excluding hydrogens is 502 g/mol. The fourth-order valence-corrected chi connectivity index (χ4v) is 5.80. The quantitative estimate of drug-likeness (QED) is 0.274. The van der Waals surface area contributed by atoms with Gasteiger partial charge in [-0.15, -0.1) is 11.3 Å². The number of thiazole rings is 1. The summed E-state index contributed by atoms with van der Waals surface area (Å²) < 4.78 is 0. The molecule has 3 aromatic heterocycles. The standard InChI is InChI=1S/C27H29N7O3S/c1-34(27(37)15-5-3-2-4-6-15)18-9-10-19-20(11-18)31-23(22(19)25(36)30-17-7-8-17)33-24(35)21-14-38-26(32-21)16-12-28-29-13-16/h9-15,17,31H,2-8H2,1H3,(H,28,29)(H,30,36)(H,33,35). The van der Waals surface area contributed by atoms with E-state index in [0.29, 0.717) is 27.3 Å². The van der Waals surface area contributed by atoms with Crippen molar-refractivity contribution in [3.8, 4) is 10.6 Å². The summed E-state index contributed by atoms with van der Waals surface area (Å²) in [5.74, 6) is -0.196. The molecule has 2 aliphatic carbocycles. The molecule has 0 saturated heterocycles. The first-order valence-corrected chi connectivity index (χ1v) is 13.9. The van der Waals surface area contributed by atoms with Crippen molar-refractivity contribution in [2.24, 2.45) is 5.92 Å². The molecule has 3 heterocycles. The Hall–Kier alpha value is -3.99. The number of rotatable bonds is 7. The fourth-order valence-electron chi connectivity index (χ4n) is 5.02. The summed E-state index contributed by atoms with van der Waals surface area (Å²) in [6, 6.07) is 5.71. The summed E-state index contributed by atoms with van der Waals surface area (Å²) in [5, 5.41) is 15.6. The highest BCUT2D eigenvalue weighted by Gasteiger charge is 2.29. The third-order valence-electron chi connectivity index (χ3n) is 7.31. The maximum atomic E-state index is 13.2. The summed E-state index contributed by atoms with van der Waals surface area (Å²) in [7, 11) is 1.80. The number of anilines is 2. The monoisotopic (exact) mass is 531 g/mol. The lowest BCUT2D eigenvalue weighted by Gasteiger charge is -2.26. The topological polar surface area (TPSA) is 136 Å². The SMILES string of the molecule is CN(C(=O)C1CCCCC1)c1ccc2c(C(=O)NC3CC3)c(NC(=O)c3csc(-c4cn[nH]c4)n3)[nH]c2c1. The smallest absolute Gasteiger partial charge is 0.276 e. The first-order chi connectivity index (χ1) is 18.5. The molecule has 0 bridgehead atoms. The normalized spacial score (nSPS) is 15.9. The van der Waals surface area contributed by atoms with Crippen LogP contribution in [0.25, 0.3) is 21.5 Å². The largest absolute Gasteiger partial charge is 0.349 e. The van der Waals surface area contributed by atoms with E-state index in [4.69, 9.17) is 0 Å². The average molecular weight is 532 g/mol. The summed E-state index contributed by atoms with van der Waals surface area (Å²) in [5.41, 5.74) is 2.82. The van der Waals surface area contributed by atoms with Crippen molar-refractivity contribution >= 4 is 51.5 Å². The highest BCUT2D eigenvalue weighted by atomic mass is 32.1. The maximum absolute atomic E-state index is 13.2. The predicted molar refractivity (Wildman–Crippen MR) is 146 cm³/mol. The van der Waals surface area contributed by atoms with Gasteiger partial charge >= 0.3 is 0 Å². The molecular formula is C27H29N7O3S. The predicted octanol–water partition coefficient (Wildman–Crippen LogP) is 4.70. The molecule has 11 heteroatoms. The van der Waals surface area contributed by atoms with Gasteiger partial charge in [0.15, 0.2) is 0 Å². The van der Waals surface area contributed by atoms with E-state index in [0.717, 1.165) is 49.8 Å². The molecule has 38 heavy (non-hydrogen) atoms. The Morgan fingerprint density at radius 2 is 1.89 bits per heavy atom. The van der Waals surface area contributed by atoms with Gasteiger partial charge in [-0.1, -0.05) is 19.3 Å². The first kappa shape index (κ1) is 24.4. The van der Waals surface area contributed by atoms with Crippen molar-refractivity contribution in [3.05, 3.63) is 47.2 Å². The number of nitrogens with zero attached hydrogens (tertiary/aromatic N) is 3. The molecule has 6 rings (SSSR count). The minimum atomic E-state index is -0.423. The van der Waals surface area contributed by atoms with E-state index in [1.165, 1.54) is 17.8 Å². The second-order valence-corrected chi connectivity index (χ2v) is 10.9. The number of hydrogen-bond acceptors (Lipinski definition) is 6. The molecule has 2 fully saturated rings. The molecule has 2 saturated carbocycles. The van der Waals surface area contributed by atoms with Gasteiger partial charge in [-0.05, 0) is 43.9 Å². The number of carbonyl (C=O) groups is 3. The Morgan fingerprint density at radius 3 is 2.63 bits per heavy atom. The molecule has 2 aliphatic rings. The number of carbonyl (C=O) groups excluding carboxylic acids is 3. The molecule has 0 unspecified atom stereocenters. The van der Waals surface area contributed by atoms with Gasteiger partial charge in [0, 0.05) is 52.7 Å². The van der Waals surface area contributed by atoms with Crippen LogP contribution in [0.5, 0.6) is 0 Å². The molecule has 0 atom stereocenters. The van der Waals surface area contributed by atoms with Gasteiger partial charge in [-0.25, -0.2) is 4.98 Å². The minimum Gasteiger partial charge on any atom is -0.349 e. The van der Waals surface area contributed by atoms with Crippen molar-refractivity contribution in [2.75, 3.05) is 17.3 Å². The van der Waals surface area contributed by atoms with E-state index in [1.54, 1.807) is 29.7 Å². The van der Waals surface area contributed by atoms with Crippen LogP contribution in [0.1, 0.15) is 65.8 Å². The molecule has 4 aromatic rings. The number of benzene rings is 1. The van der Waals surface area contributed by atoms with E-state index in [9.17, 15) is 14.4 Å².